The molecule has 3 aliphatic heterocycles. The van der Waals surface area contributed by atoms with E-state index >= 15 is 0 Å². The highest BCUT2D eigenvalue weighted by atomic mass is 35.5. The van der Waals surface area contributed by atoms with E-state index in [-0.39, 0.29) is 6.03 Å². The van der Waals surface area contributed by atoms with Crippen molar-refractivity contribution in [2.24, 2.45) is 0 Å². The van der Waals surface area contributed by atoms with Gasteiger partial charge in [0.2, 0.25) is 0 Å². The zero-order valence-electron chi connectivity index (χ0n) is 18.3. The molecule has 3 aromatic rings. The Morgan fingerprint density at radius 2 is 1.71 bits per heavy atom. The van der Waals surface area contributed by atoms with Crippen LogP contribution < -0.4 is 15.5 Å². The van der Waals surface area contributed by atoms with E-state index in [9.17, 15) is 4.79 Å². The van der Waals surface area contributed by atoms with Crippen molar-refractivity contribution in [1.29, 1.82) is 0 Å². The van der Waals surface area contributed by atoms with Gasteiger partial charge in [-0.1, -0.05) is 59.1 Å². The van der Waals surface area contributed by atoms with Crippen molar-refractivity contribution in [2.75, 3.05) is 18.0 Å². The maximum atomic E-state index is 13.2. The molecule has 2 fully saturated rings. The van der Waals surface area contributed by atoms with Crippen molar-refractivity contribution in [3.63, 3.8) is 0 Å². The zero-order chi connectivity index (χ0) is 23.4. The highest BCUT2D eigenvalue weighted by Gasteiger charge is 2.38. The number of carbonyl (C=O) groups excluding carboxylic acids is 1. The molecule has 3 aliphatic rings. The number of hydrogen-bond acceptors (Lipinski definition) is 3. The molecule has 2 bridgehead atoms. The van der Waals surface area contributed by atoms with Gasteiger partial charge in [-0.2, -0.15) is 0 Å². The van der Waals surface area contributed by atoms with Crippen molar-refractivity contribution < 1.29 is 4.79 Å². The first-order valence-corrected chi connectivity index (χ1v) is 12.5. The molecule has 0 spiro atoms. The molecular formula is C26H23Cl3N4O. The summed E-state index contributed by atoms with van der Waals surface area (Å²) in [4.78, 5) is 17.3. The zero-order valence-corrected chi connectivity index (χ0v) is 20.6. The molecule has 2 amide bonds. The second kappa shape index (κ2) is 8.74. The molecule has 2 atom stereocenters. The number of hydrogen-bond donors (Lipinski definition) is 2. The molecule has 0 aromatic heterocycles. The van der Waals surface area contributed by atoms with Crippen molar-refractivity contribution >= 4 is 52.2 Å². The van der Waals surface area contributed by atoms with E-state index in [2.05, 4.69) is 27.7 Å². The molecule has 5 nitrogen and oxygen atoms in total. The third kappa shape index (κ3) is 3.76. The number of halogens is 3. The lowest BCUT2D eigenvalue weighted by Crippen LogP contribution is -2.43. The fourth-order valence-electron chi connectivity index (χ4n) is 5.46. The molecule has 6 rings (SSSR count). The number of carbonyl (C=O) groups is 1. The summed E-state index contributed by atoms with van der Waals surface area (Å²) in [7, 11) is 0. The predicted octanol–water partition coefficient (Wildman–Crippen LogP) is 6.22. The monoisotopic (exact) mass is 512 g/mol. The standard InChI is InChI=1S/C26H23Cl3N4O/c27-21-5-2-1-4-18(21)19-8-15(13-32-14-16-10-17(32)11-30-16)9-24-20(19)12-31-26(34)33(24)25-22(28)6-3-7-23(25)29/h1-9,16-17,30H,10-14H2,(H,31,34)/t16-,17+/m0/s1. The molecule has 2 saturated heterocycles. The minimum Gasteiger partial charge on any atom is -0.333 e. The number of nitrogens with one attached hydrogen (secondary N) is 2. The molecule has 3 aromatic carbocycles. The van der Waals surface area contributed by atoms with Crippen LogP contribution in [0.25, 0.3) is 11.1 Å². The van der Waals surface area contributed by atoms with E-state index in [1.807, 2.05) is 24.3 Å². The summed E-state index contributed by atoms with van der Waals surface area (Å²) in [5, 5.41) is 8.07. The van der Waals surface area contributed by atoms with Gasteiger partial charge in [0, 0.05) is 54.4 Å². The molecular weight excluding hydrogens is 491 g/mol. The number of amides is 2. The lowest BCUT2D eigenvalue weighted by molar-refractivity contribution is 0.218. The van der Waals surface area contributed by atoms with E-state index in [1.165, 1.54) is 6.42 Å². The van der Waals surface area contributed by atoms with E-state index in [0.29, 0.717) is 39.4 Å². The van der Waals surface area contributed by atoms with Gasteiger partial charge in [0.05, 0.1) is 21.4 Å². The minimum absolute atomic E-state index is 0.255. The first kappa shape index (κ1) is 22.2. The van der Waals surface area contributed by atoms with Crippen molar-refractivity contribution in [3.05, 3.63) is 80.8 Å². The average molecular weight is 514 g/mol. The highest BCUT2D eigenvalue weighted by molar-refractivity contribution is 6.40. The summed E-state index contributed by atoms with van der Waals surface area (Å²) in [6, 6.07) is 18.3. The molecule has 2 N–H and O–H groups in total. The van der Waals surface area contributed by atoms with Crippen LogP contribution in [0.5, 0.6) is 0 Å². The number of anilines is 2. The Balaban J connectivity index is 1.53. The first-order chi connectivity index (χ1) is 16.5. The molecule has 8 heteroatoms. The SMILES string of the molecule is O=C1NCc2c(-c3ccccc3Cl)cc(CN3C[C@@H]4C[C@@H]3CN4)cc2N1c1c(Cl)cccc1Cl. The van der Waals surface area contributed by atoms with Crippen LogP contribution in [-0.2, 0) is 13.1 Å². The van der Waals surface area contributed by atoms with E-state index in [1.54, 1.807) is 23.1 Å². The molecule has 0 saturated carbocycles. The van der Waals surface area contributed by atoms with Gasteiger partial charge >= 0.3 is 6.03 Å². The van der Waals surface area contributed by atoms with Crippen LogP contribution in [0.4, 0.5) is 16.2 Å². The topological polar surface area (TPSA) is 47.6 Å². The molecule has 174 valence electrons. The molecule has 3 heterocycles. The van der Waals surface area contributed by atoms with Gasteiger partial charge in [0.25, 0.3) is 0 Å². The van der Waals surface area contributed by atoms with Gasteiger partial charge in [-0.25, -0.2) is 4.79 Å². The van der Waals surface area contributed by atoms with E-state index in [0.717, 1.165) is 47.6 Å². The number of para-hydroxylation sites is 1. The largest absolute Gasteiger partial charge is 0.333 e. The number of likely N-dealkylation sites (tertiary alicyclic amines) is 1. The van der Waals surface area contributed by atoms with Crippen LogP contribution in [0.15, 0.2) is 54.6 Å². The average Bonchev–Trinajstić information content (AvgIpc) is 3.44. The third-order valence-corrected chi connectivity index (χ3v) is 7.97. The molecule has 34 heavy (non-hydrogen) atoms. The van der Waals surface area contributed by atoms with Crippen LogP contribution in [0, 0.1) is 0 Å². The lowest BCUT2D eigenvalue weighted by Gasteiger charge is -2.34. The fourth-order valence-corrected chi connectivity index (χ4v) is 6.27. The number of benzene rings is 3. The maximum absolute atomic E-state index is 13.2. The third-order valence-electron chi connectivity index (χ3n) is 7.03. The van der Waals surface area contributed by atoms with Crippen LogP contribution >= 0.6 is 34.8 Å². The minimum atomic E-state index is -0.255. The van der Waals surface area contributed by atoms with Gasteiger partial charge in [0.15, 0.2) is 0 Å². The number of fused-ring (bicyclic) bond motifs is 3. The molecule has 0 unspecified atom stereocenters. The Hall–Kier alpha value is -2.28. The van der Waals surface area contributed by atoms with Crippen molar-refractivity contribution in [3.8, 4) is 11.1 Å². The molecule has 0 radical (unpaired) electrons. The summed E-state index contributed by atoms with van der Waals surface area (Å²) in [5.41, 5.74) is 5.33. The summed E-state index contributed by atoms with van der Waals surface area (Å²) >= 11 is 19.8. The number of nitrogens with zero attached hydrogens (tertiary/aromatic N) is 2. The van der Waals surface area contributed by atoms with Crippen LogP contribution in [0.3, 0.4) is 0 Å². The van der Waals surface area contributed by atoms with Crippen LogP contribution in [0.1, 0.15) is 17.5 Å². The first-order valence-electron chi connectivity index (χ1n) is 11.4. The van der Waals surface area contributed by atoms with Gasteiger partial charge in [-0.05, 0) is 47.9 Å². The highest BCUT2D eigenvalue weighted by Crippen LogP contribution is 2.45. The smallest absolute Gasteiger partial charge is 0.326 e. The summed E-state index contributed by atoms with van der Waals surface area (Å²) in [6.45, 7) is 3.26. The Morgan fingerprint density at radius 3 is 2.41 bits per heavy atom. The quantitative estimate of drug-likeness (QED) is 0.435. The van der Waals surface area contributed by atoms with Crippen LogP contribution in [-0.4, -0.2) is 36.1 Å². The van der Waals surface area contributed by atoms with Gasteiger partial charge in [-0.15, -0.1) is 0 Å². The normalized spacial score (nSPS) is 21.6. The van der Waals surface area contributed by atoms with Crippen molar-refractivity contribution in [2.45, 2.75) is 31.6 Å². The maximum Gasteiger partial charge on any atom is 0.326 e. The Bertz CT molecular complexity index is 1280. The summed E-state index contributed by atoms with van der Waals surface area (Å²) < 4.78 is 0. The van der Waals surface area contributed by atoms with E-state index in [4.69, 9.17) is 34.8 Å². The fraction of sp³-hybridized carbons (Fsp3) is 0.269. The lowest BCUT2D eigenvalue weighted by atomic mass is 9.93. The number of piperazine rings is 1. The van der Waals surface area contributed by atoms with Crippen molar-refractivity contribution in [1.82, 2.24) is 15.5 Å². The second-order valence-electron chi connectivity index (χ2n) is 9.11. The summed E-state index contributed by atoms with van der Waals surface area (Å²) in [6.07, 6.45) is 1.19. The Labute approximate surface area is 213 Å². The summed E-state index contributed by atoms with van der Waals surface area (Å²) in [5.74, 6) is 0. The Morgan fingerprint density at radius 1 is 0.941 bits per heavy atom. The Kier molecular flexibility index (Phi) is 5.71. The molecule has 0 aliphatic carbocycles. The number of rotatable bonds is 4. The van der Waals surface area contributed by atoms with Gasteiger partial charge in [-0.3, -0.25) is 9.80 Å². The van der Waals surface area contributed by atoms with E-state index < -0.39 is 0 Å². The predicted molar refractivity (Wildman–Crippen MR) is 138 cm³/mol. The van der Waals surface area contributed by atoms with Gasteiger partial charge < -0.3 is 10.6 Å². The van der Waals surface area contributed by atoms with Crippen LogP contribution in [0.2, 0.25) is 15.1 Å². The number of urea groups is 1. The second-order valence-corrected chi connectivity index (χ2v) is 10.3. The van der Waals surface area contributed by atoms with Gasteiger partial charge in [0.1, 0.15) is 0 Å².